The minimum absolute atomic E-state index is 0.0204. The zero-order valence-corrected chi connectivity index (χ0v) is 11.0. The van der Waals surface area contributed by atoms with Gasteiger partial charge in [0, 0.05) is 6.07 Å². The van der Waals surface area contributed by atoms with Crippen LogP contribution >= 0.6 is 0 Å². The molecule has 2 aromatic rings. The zero-order chi connectivity index (χ0) is 16.1. The van der Waals surface area contributed by atoms with Crippen LogP contribution in [0.2, 0.25) is 0 Å². The lowest BCUT2D eigenvalue weighted by molar-refractivity contribution is -0.393. The molecule has 0 aromatic heterocycles. The highest BCUT2D eigenvalue weighted by atomic mass is 16.6. The Labute approximate surface area is 123 Å². The third-order valence-electron chi connectivity index (χ3n) is 2.66. The first-order valence-electron chi connectivity index (χ1n) is 5.98. The summed E-state index contributed by atoms with van der Waals surface area (Å²) >= 11 is 0. The Kier molecular flexibility index (Phi) is 4.27. The molecule has 22 heavy (non-hydrogen) atoms. The van der Waals surface area contributed by atoms with E-state index in [1.165, 1.54) is 24.4 Å². The highest BCUT2D eigenvalue weighted by molar-refractivity contribution is 5.81. The van der Waals surface area contributed by atoms with Crippen LogP contribution in [-0.2, 0) is 0 Å². The number of nitrogens with one attached hydrogen (secondary N) is 1. The lowest BCUT2D eigenvalue weighted by atomic mass is 10.2. The molecule has 0 amide bonds. The molecule has 0 aliphatic carbocycles. The Balaban J connectivity index is 2.22. The molecule has 9 nitrogen and oxygen atoms in total. The average Bonchev–Trinajstić information content (AvgIpc) is 2.47. The topological polar surface area (TPSA) is 131 Å². The van der Waals surface area contributed by atoms with Crippen molar-refractivity contribution in [2.45, 2.75) is 0 Å². The van der Waals surface area contributed by atoms with Crippen LogP contribution in [0.3, 0.4) is 0 Å². The van der Waals surface area contributed by atoms with Crippen LogP contribution < -0.4 is 5.43 Å². The first-order valence-corrected chi connectivity index (χ1v) is 5.98. The van der Waals surface area contributed by atoms with E-state index >= 15 is 0 Å². The van der Waals surface area contributed by atoms with E-state index in [1.807, 2.05) is 0 Å². The fourth-order valence-electron chi connectivity index (χ4n) is 1.66. The van der Waals surface area contributed by atoms with Crippen molar-refractivity contribution in [2.75, 3.05) is 5.43 Å². The molecule has 2 N–H and O–H groups in total. The smallest absolute Gasteiger partial charge is 0.301 e. The number of phenols is 1. The minimum Gasteiger partial charge on any atom is -0.508 e. The molecule has 0 radical (unpaired) electrons. The molecular weight excluding hydrogens is 292 g/mol. The van der Waals surface area contributed by atoms with Crippen LogP contribution in [0.5, 0.6) is 5.75 Å². The van der Waals surface area contributed by atoms with Gasteiger partial charge in [0.15, 0.2) is 0 Å². The SMILES string of the molecule is O=[N+]([O-])c1ccc(N/N=C\c2cccc(O)c2)c([N+](=O)[O-])c1. The van der Waals surface area contributed by atoms with Crippen molar-refractivity contribution < 1.29 is 15.0 Å². The van der Waals surface area contributed by atoms with Crippen LogP contribution in [0, 0.1) is 20.2 Å². The maximum atomic E-state index is 10.9. The van der Waals surface area contributed by atoms with Crippen LogP contribution in [0.25, 0.3) is 0 Å². The lowest BCUT2D eigenvalue weighted by Gasteiger charge is -2.02. The van der Waals surface area contributed by atoms with E-state index in [-0.39, 0.29) is 17.1 Å². The first-order chi connectivity index (χ1) is 10.5. The Morgan fingerprint density at radius 3 is 2.50 bits per heavy atom. The van der Waals surface area contributed by atoms with Crippen molar-refractivity contribution in [3.8, 4) is 5.75 Å². The van der Waals surface area contributed by atoms with E-state index in [0.717, 1.165) is 12.1 Å². The number of nitrogens with zero attached hydrogens (tertiary/aromatic N) is 3. The Morgan fingerprint density at radius 1 is 1.09 bits per heavy atom. The quantitative estimate of drug-likeness (QED) is 0.496. The molecule has 0 aliphatic heterocycles. The summed E-state index contributed by atoms with van der Waals surface area (Å²) in [4.78, 5) is 20.1. The molecule has 0 fully saturated rings. The van der Waals surface area contributed by atoms with E-state index in [2.05, 4.69) is 10.5 Å². The molecule has 2 aromatic carbocycles. The molecule has 0 saturated heterocycles. The number of phenolic OH excluding ortho intramolecular Hbond substituents is 1. The van der Waals surface area contributed by atoms with Gasteiger partial charge in [-0.2, -0.15) is 5.10 Å². The number of aromatic hydroxyl groups is 1. The lowest BCUT2D eigenvalue weighted by Crippen LogP contribution is -1.98. The Morgan fingerprint density at radius 2 is 1.86 bits per heavy atom. The molecule has 0 saturated carbocycles. The number of hydrogen-bond donors (Lipinski definition) is 2. The van der Waals surface area contributed by atoms with E-state index in [1.54, 1.807) is 12.1 Å². The van der Waals surface area contributed by atoms with Crippen LogP contribution in [0.15, 0.2) is 47.6 Å². The Bertz CT molecular complexity index is 760. The summed E-state index contributed by atoms with van der Waals surface area (Å²) < 4.78 is 0. The van der Waals surface area contributed by atoms with Gasteiger partial charge >= 0.3 is 5.69 Å². The molecule has 0 spiro atoms. The maximum Gasteiger partial charge on any atom is 0.301 e. The second-order valence-corrected chi connectivity index (χ2v) is 4.18. The summed E-state index contributed by atoms with van der Waals surface area (Å²) in [5, 5.41) is 34.7. The second kappa shape index (κ2) is 6.31. The number of benzene rings is 2. The Hall–Kier alpha value is -3.49. The molecule has 0 unspecified atom stereocenters. The van der Waals surface area contributed by atoms with Gasteiger partial charge in [-0.05, 0) is 23.8 Å². The van der Waals surface area contributed by atoms with Crippen LogP contribution in [-0.4, -0.2) is 21.2 Å². The summed E-state index contributed by atoms with van der Waals surface area (Å²) in [6, 6.07) is 9.43. The van der Waals surface area contributed by atoms with Gasteiger partial charge in [0.1, 0.15) is 11.4 Å². The fraction of sp³-hybridized carbons (Fsp3) is 0. The van der Waals surface area contributed by atoms with E-state index < -0.39 is 15.5 Å². The van der Waals surface area contributed by atoms with Gasteiger partial charge < -0.3 is 5.11 Å². The van der Waals surface area contributed by atoms with Gasteiger partial charge in [0.2, 0.25) is 0 Å². The third-order valence-corrected chi connectivity index (χ3v) is 2.66. The van der Waals surface area contributed by atoms with Crippen LogP contribution in [0.4, 0.5) is 17.1 Å². The number of anilines is 1. The molecule has 2 rings (SSSR count). The van der Waals surface area contributed by atoms with Crippen molar-refractivity contribution in [1.82, 2.24) is 0 Å². The molecule has 112 valence electrons. The number of hydrogen-bond acceptors (Lipinski definition) is 7. The van der Waals surface area contributed by atoms with E-state index in [0.29, 0.717) is 5.56 Å². The fourth-order valence-corrected chi connectivity index (χ4v) is 1.66. The van der Waals surface area contributed by atoms with E-state index in [9.17, 15) is 25.3 Å². The number of nitro benzene ring substituents is 2. The van der Waals surface area contributed by atoms with Crippen molar-refractivity contribution >= 4 is 23.3 Å². The predicted molar refractivity (Wildman–Crippen MR) is 79.1 cm³/mol. The highest BCUT2D eigenvalue weighted by Gasteiger charge is 2.18. The van der Waals surface area contributed by atoms with Crippen molar-refractivity contribution in [1.29, 1.82) is 0 Å². The maximum absolute atomic E-state index is 10.9. The molecule has 0 aliphatic rings. The summed E-state index contributed by atoms with van der Waals surface area (Å²) in [7, 11) is 0. The first kappa shape index (κ1) is 14.9. The standard InChI is InChI=1S/C13H10N4O5/c18-11-3-1-2-9(6-11)8-14-15-12-5-4-10(16(19)20)7-13(12)17(21)22/h1-8,15,18H/b14-8-. The van der Waals surface area contributed by atoms with Crippen LogP contribution in [0.1, 0.15) is 5.56 Å². The molecular formula is C13H10N4O5. The third kappa shape index (κ3) is 3.54. The summed E-state index contributed by atoms with van der Waals surface area (Å²) in [5.41, 5.74) is 2.22. The second-order valence-electron chi connectivity index (χ2n) is 4.18. The number of hydrazone groups is 1. The molecule has 0 heterocycles. The minimum atomic E-state index is -0.737. The number of nitro groups is 2. The summed E-state index contributed by atoms with van der Waals surface area (Å²) in [6.07, 6.45) is 1.35. The van der Waals surface area contributed by atoms with Crippen molar-refractivity contribution in [2.24, 2.45) is 5.10 Å². The van der Waals surface area contributed by atoms with Gasteiger partial charge in [0.25, 0.3) is 5.69 Å². The number of rotatable bonds is 5. The van der Waals surface area contributed by atoms with E-state index in [4.69, 9.17) is 0 Å². The van der Waals surface area contributed by atoms with Crippen molar-refractivity contribution in [3.63, 3.8) is 0 Å². The zero-order valence-electron chi connectivity index (χ0n) is 11.0. The molecule has 9 heteroatoms. The van der Waals surface area contributed by atoms with Gasteiger partial charge in [-0.3, -0.25) is 25.7 Å². The molecule has 0 bridgehead atoms. The summed E-state index contributed by atoms with van der Waals surface area (Å²) in [6.45, 7) is 0. The molecule has 0 atom stereocenters. The monoisotopic (exact) mass is 302 g/mol. The van der Waals surface area contributed by atoms with Crippen molar-refractivity contribution in [3.05, 3.63) is 68.3 Å². The van der Waals surface area contributed by atoms with Gasteiger partial charge in [-0.25, -0.2) is 0 Å². The van der Waals surface area contributed by atoms with Gasteiger partial charge in [-0.15, -0.1) is 0 Å². The average molecular weight is 302 g/mol. The highest BCUT2D eigenvalue weighted by Crippen LogP contribution is 2.28. The van der Waals surface area contributed by atoms with Gasteiger partial charge in [-0.1, -0.05) is 12.1 Å². The summed E-state index contributed by atoms with van der Waals surface area (Å²) in [5.74, 6) is 0.0604. The number of non-ortho nitro benzene ring substituents is 1. The normalized spacial score (nSPS) is 10.5. The predicted octanol–water partition coefficient (Wildman–Crippen LogP) is 2.65. The largest absolute Gasteiger partial charge is 0.508 e. The van der Waals surface area contributed by atoms with Gasteiger partial charge in [0.05, 0.1) is 22.1 Å².